The number of hydrogen-bond donors (Lipinski definition) is 2. The highest BCUT2D eigenvalue weighted by molar-refractivity contribution is 5.46. The Balaban J connectivity index is 2.37. The minimum atomic E-state index is -0.489. The number of anilines is 1. The molecule has 0 aromatic heterocycles. The van der Waals surface area contributed by atoms with E-state index in [1.54, 1.807) is 14.2 Å². The Morgan fingerprint density at radius 2 is 1.93 bits per heavy atom. The largest absolute Gasteiger partial charge is 0.497 e. The van der Waals surface area contributed by atoms with Gasteiger partial charge >= 0.3 is 0 Å². The van der Waals surface area contributed by atoms with Crippen LogP contribution in [0.15, 0.2) is 24.3 Å². The smallest absolute Gasteiger partial charge is 0.119 e. The molecule has 0 saturated heterocycles. The van der Waals surface area contributed by atoms with Crippen molar-refractivity contribution in [3.8, 4) is 5.75 Å². The minimum Gasteiger partial charge on any atom is -0.497 e. The van der Waals surface area contributed by atoms with E-state index in [1.807, 2.05) is 24.3 Å². The van der Waals surface area contributed by atoms with Crippen molar-refractivity contribution in [1.29, 1.82) is 0 Å². The van der Waals surface area contributed by atoms with Crippen molar-refractivity contribution in [2.45, 2.75) is 6.10 Å². The van der Waals surface area contributed by atoms with E-state index in [2.05, 4.69) is 5.32 Å². The number of nitrogens with one attached hydrogen (secondary N) is 1. The molecule has 4 nitrogen and oxygen atoms in total. The third-order valence-electron chi connectivity index (χ3n) is 1.99. The Labute approximate surface area is 89.8 Å². The quantitative estimate of drug-likeness (QED) is 0.740. The first-order valence-electron chi connectivity index (χ1n) is 4.81. The van der Waals surface area contributed by atoms with Crippen molar-refractivity contribution in [3.05, 3.63) is 24.3 Å². The first-order chi connectivity index (χ1) is 7.26. The number of aliphatic hydroxyl groups excluding tert-OH is 1. The van der Waals surface area contributed by atoms with Crippen LogP contribution in [0.5, 0.6) is 5.75 Å². The van der Waals surface area contributed by atoms with Gasteiger partial charge in [0.05, 0.1) is 19.8 Å². The Hall–Kier alpha value is -1.26. The van der Waals surface area contributed by atoms with Gasteiger partial charge in [-0.2, -0.15) is 0 Å². The second-order valence-electron chi connectivity index (χ2n) is 3.22. The third-order valence-corrected chi connectivity index (χ3v) is 1.99. The molecule has 4 heteroatoms. The monoisotopic (exact) mass is 211 g/mol. The zero-order chi connectivity index (χ0) is 11.1. The molecule has 1 aromatic carbocycles. The maximum absolute atomic E-state index is 9.40. The van der Waals surface area contributed by atoms with Gasteiger partial charge in [0.2, 0.25) is 0 Å². The maximum atomic E-state index is 9.40. The molecule has 0 spiro atoms. The molecule has 1 aromatic rings. The predicted molar refractivity (Wildman–Crippen MR) is 59.4 cm³/mol. The summed E-state index contributed by atoms with van der Waals surface area (Å²) in [5.41, 5.74) is 0.950. The van der Waals surface area contributed by atoms with E-state index < -0.39 is 6.10 Å². The van der Waals surface area contributed by atoms with Crippen LogP contribution >= 0.6 is 0 Å². The fourth-order valence-corrected chi connectivity index (χ4v) is 1.20. The van der Waals surface area contributed by atoms with Gasteiger partial charge in [0.1, 0.15) is 5.75 Å². The van der Waals surface area contributed by atoms with Crippen LogP contribution in [-0.4, -0.2) is 38.6 Å². The van der Waals surface area contributed by atoms with Gasteiger partial charge in [0, 0.05) is 19.3 Å². The Kier molecular flexibility index (Phi) is 4.93. The number of benzene rings is 1. The van der Waals surface area contributed by atoms with E-state index in [4.69, 9.17) is 9.47 Å². The topological polar surface area (TPSA) is 50.7 Å². The van der Waals surface area contributed by atoms with E-state index in [0.29, 0.717) is 13.2 Å². The van der Waals surface area contributed by atoms with E-state index in [1.165, 1.54) is 0 Å². The van der Waals surface area contributed by atoms with E-state index in [0.717, 1.165) is 11.4 Å². The number of aliphatic hydroxyl groups is 1. The Morgan fingerprint density at radius 3 is 2.47 bits per heavy atom. The molecule has 15 heavy (non-hydrogen) atoms. The molecule has 0 aliphatic carbocycles. The lowest BCUT2D eigenvalue weighted by Crippen LogP contribution is -2.24. The molecular weight excluding hydrogens is 194 g/mol. The third kappa shape index (κ3) is 4.18. The SMILES string of the molecule is COCC(O)CNc1ccc(OC)cc1. The molecule has 0 aliphatic rings. The molecular formula is C11H17NO3. The molecule has 0 saturated carbocycles. The number of ether oxygens (including phenoxy) is 2. The second-order valence-corrected chi connectivity index (χ2v) is 3.22. The van der Waals surface area contributed by atoms with Crippen LogP contribution in [0.2, 0.25) is 0 Å². The lowest BCUT2D eigenvalue weighted by atomic mass is 10.3. The second kappa shape index (κ2) is 6.27. The molecule has 84 valence electrons. The normalized spacial score (nSPS) is 12.2. The van der Waals surface area contributed by atoms with Crippen molar-refractivity contribution in [2.75, 3.05) is 32.7 Å². The molecule has 1 unspecified atom stereocenters. The number of rotatable bonds is 6. The standard InChI is InChI=1S/C11H17NO3/c1-14-8-10(13)7-12-9-3-5-11(15-2)6-4-9/h3-6,10,12-13H,7-8H2,1-2H3. The molecule has 1 rings (SSSR count). The van der Waals surface area contributed by atoms with Gasteiger partial charge in [-0.1, -0.05) is 0 Å². The molecule has 2 N–H and O–H groups in total. The molecule has 0 amide bonds. The van der Waals surface area contributed by atoms with Crippen LogP contribution in [0.3, 0.4) is 0 Å². The summed E-state index contributed by atoms with van der Waals surface area (Å²) in [6, 6.07) is 7.53. The summed E-state index contributed by atoms with van der Waals surface area (Å²) in [5.74, 6) is 0.818. The summed E-state index contributed by atoms with van der Waals surface area (Å²) in [6.07, 6.45) is -0.489. The molecule has 0 heterocycles. The summed E-state index contributed by atoms with van der Waals surface area (Å²) in [6.45, 7) is 0.809. The van der Waals surface area contributed by atoms with Gasteiger partial charge in [-0.3, -0.25) is 0 Å². The first kappa shape index (κ1) is 11.8. The number of hydrogen-bond acceptors (Lipinski definition) is 4. The molecule has 0 bridgehead atoms. The summed E-state index contributed by atoms with van der Waals surface area (Å²) in [4.78, 5) is 0. The van der Waals surface area contributed by atoms with Crippen molar-refractivity contribution in [3.63, 3.8) is 0 Å². The van der Waals surface area contributed by atoms with Gasteiger partial charge in [-0.25, -0.2) is 0 Å². The fourth-order valence-electron chi connectivity index (χ4n) is 1.20. The zero-order valence-electron chi connectivity index (χ0n) is 9.06. The first-order valence-corrected chi connectivity index (χ1v) is 4.81. The average Bonchev–Trinajstić information content (AvgIpc) is 2.27. The van der Waals surface area contributed by atoms with Gasteiger partial charge in [0.25, 0.3) is 0 Å². The van der Waals surface area contributed by atoms with Gasteiger partial charge in [-0.15, -0.1) is 0 Å². The highest BCUT2D eigenvalue weighted by Gasteiger charge is 2.02. The zero-order valence-corrected chi connectivity index (χ0v) is 9.06. The molecule has 0 radical (unpaired) electrons. The van der Waals surface area contributed by atoms with Crippen molar-refractivity contribution in [1.82, 2.24) is 0 Å². The average molecular weight is 211 g/mol. The molecule has 0 fully saturated rings. The van der Waals surface area contributed by atoms with Gasteiger partial charge in [0.15, 0.2) is 0 Å². The van der Waals surface area contributed by atoms with Crippen LogP contribution in [0.25, 0.3) is 0 Å². The fraction of sp³-hybridized carbons (Fsp3) is 0.455. The van der Waals surface area contributed by atoms with E-state index in [-0.39, 0.29) is 0 Å². The summed E-state index contributed by atoms with van der Waals surface area (Å²) >= 11 is 0. The summed E-state index contributed by atoms with van der Waals surface area (Å²) in [7, 11) is 3.20. The van der Waals surface area contributed by atoms with E-state index in [9.17, 15) is 5.11 Å². The van der Waals surface area contributed by atoms with Gasteiger partial charge in [-0.05, 0) is 24.3 Å². The number of methoxy groups -OCH3 is 2. The highest BCUT2D eigenvalue weighted by Crippen LogP contribution is 2.14. The predicted octanol–water partition coefficient (Wildman–Crippen LogP) is 1.11. The van der Waals surface area contributed by atoms with Crippen LogP contribution in [-0.2, 0) is 4.74 Å². The Bertz CT molecular complexity index is 274. The summed E-state index contributed by atoms with van der Waals surface area (Å²) in [5, 5.41) is 12.5. The van der Waals surface area contributed by atoms with Crippen molar-refractivity contribution >= 4 is 5.69 Å². The van der Waals surface area contributed by atoms with Gasteiger partial charge < -0.3 is 19.9 Å². The Morgan fingerprint density at radius 1 is 1.27 bits per heavy atom. The molecule has 1 atom stereocenters. The maximum Gasteiger partial charge on any atom is 0.119 e. The lowest BCUT2D eigenvalue weighted by molar-refractivity contribution is 0.0727. The minimum absolute atomic E-state index is 0.336. The lowest BCUT2D eigenvalue weighted by Gasteiger charge is -2.11. The summed E-state index contributed by atoms with van der Waals surface area (Å²) < 4.78 is 9.85. The van der Waals surface area contributed by atoms with Crippen LogP contribution < -0.4 is 10.1 Å². The van der Waals surface area contributed by atoms with Crippen molar-refractivity contribution in [2.24, 2.45) is 0 Å². The van der Waals surface area contributed by atoms with Crippen molar-refractivity contribution < 1.29 is 14.6 Å². The van der Waals surface area contributed by atoms with E-state index >= 15 is 0 Å². The molecule has 0 aliphatic heterocycles. The van der Waals surface area contributed by atoms with Crippen LogP contribution in [0, 0.1) is 0 Å². The highest BCUT2D eigenvalue weighted by atomic mass is 16.5. The van der Waals surface area contributed by atoms with Crippen LogP contribution in [0.1, 0.15) is 0 Å². The van der Waals surface area contributed by atoms with Crippen LogP contribution in [0.4, 0.5) is 5.69 Å².